The van der Waals surface area contributed by atoms with Gasteiger partial charge >= 0.3 is 0 Å². The predicted molar refractivity (Wildman–Crippen MR) is 121 cm³/mol. The zero-order chi connectivity index (χ0) is 22.7. The summed E-state index contributed by atoms with van der Waals surface area (Å²) in [6.45, 7) is 2.42. The summed E-state index contributed by atoms with van der Waals surface area (Å²) in [7, 11) is -7.26. The van der Waals surface area contributed by atoms with E-state index in [4.69, 9.17) is 0 Å². The number of carbonyl (C=O) groups excluding carboxylic acids is 1. The molecule has 0 saturated carbocycles. The Morgan fingerprint density at radius 3 is 1.94 bits per heavy atom. The van der Waals surface area contributed by atoms with Gasteiger partial charge in [0.05, 0.1) is 9.79 Å². The number of hydrogen-bond donors (Lipinski definition) is 3. The molecule has 0 spiro atoms. The van der Waals surface area contributed by atoms with Gasteiger partial charge in [0.25, 0.3) is 0 Å². The van der Waals surface area contributed by atoms with Gasteiger partial charge in [-0.1, -0.05) is 44.4 Å². The van der Waals surface area contributed by atoms with Gasteiger partial charge in [0.1, 0.15) is 0 Å². The molecule has 3 N–H and O–H groups in total. The second-order valence-corrected chi connectivity index (χ2v) is 10.5. The zero-order valence-corrected chi connectivity index (χ0v) is 19.1. The smallest absolute Gasteiger partial charge is 0.240 e. The van der Waals surface area contributed by atoms with Crippen molar-refractivity contribution in [1.82, 2.24) is 9.44 Å². The Morgan fingerprint density at radius 2 is 1.32 bits per heavy atom. The van der Waals surface area contributed by atoms with Crippen molar-refractivity contribution in [2.24, 2.45) is 0 Å². The fourth-order valence-electron chi connectivity index (χ4n) is 2.76. The maximum atomic E-state index is 12.3. The van der Waals surface area contributed by atoms with E-state index in [-0.39, 0.29) is 28.7 Å². The topological polar surface area (TPSA) is 121 Å². The molecular weight excluding hydrogens is 438 g/mol. The predicted octanol–water partition coefficient (Wildman–Crippen LogP) is 2.85. The van der Waals surface area contributed by atoms with E-state index >= 15 is 0 Å². The highest BCUT2D eigenvalue weighted by Crippen LogP contribution is 2.14. The number of rotatable bonds is 13. The normalized spacial score (nSPS) is 11.9. The third-order valence-corrected chi connectivity index (χ3v) is 7.42. The molecule has 2 rings (SSSR count). The van der Waals surface area contributed by atoms with Crippen LogP contribution >= 0.6 is 0 Å². The number of nitrogens with one attached hydrogen (secondary N) is 3. The van der Waals surface area contributed by atoms with Crippen LogP contribution in [0.3, 0.4) is 0 Å². The molecule has 1 amide bonds. The minimum absolute atomic E-state index is 0.0581. The van der Waals surface area contributed by atoms with Gasteiger partial charge < -0.3 is 5.32 Å². The lowest BCUT2D eigenvalue weighted by Crippen LogP contribution is -2.27. The number of hydrogen-bond acceptors (Lipinski definition) is 5. The quantitative estimate of drug-likeness (QED) is 0.391. The summed E-state index contributed by atoms with van der Waals surface area (Å²) in [5, 5.41) is 2.62. The lowest BCUT2D eigenvalue weighted by molar-refractivity contribution is -0.116. The first-order valence-electron chi connectivity index (χ1n) is 10.2. The fourth-order valence-corrected chi connectivity index (χ4v) is 4.89. The molecule has 0 aromatic heterocycles. The molecule has 0 radical (unpaired) electrons. The van der Waals surface area contributed by atoms with Crippen LogP contribution in [0.2, 0.25) is 0 Å². The SMILES string of the molecule is CCCCCCNS(=O)(=O)c1ccc(NC(=O)CCNS(=O)(=O)c2ccccc2)cc1. The minimum atomic E-state index is -3.67. The van der Waals surface area contributed by atoms with Crippen molar-refractivity contribution in [1.29, 1.82) is 0 Å². The van der Waals surface area contributed by atoms with Gasteiger partial charge in [-0.25, -0.2) is 26.3 Å². The third-order valence-electron chi connectivity index (χ3n) is 4.47. The van der Waals surface area contributed by atoms with Crippen LogP contribution in [0.5, 0.6) is 0 Å². The zero-order valence-electron chi connectivity index (χ0n) is 17.5. The van der Waals surface area contributed by atoms with Gasteiger partial charge in [-0.3, -0.25) is 4.79 Å². The Morgan fingerprint density at radius 1 is 0.742 bits per heavy atom. The third kappa shape index (κ3) is 8.41. The molecule has 0 atom stereocenters. The number of sulfonamides is 2. The van der Waals surface area contributed by atoms with Crippen LogP contribution in [0.15, 0.2) is 64.4 Å². The number of unbranched alkanes of at least 4 members (excludes halogenated alkanes) is 3. The summed E-state index contributed by atoms with van der Waals surface area (Å²) in [6, 6.07) is 13.7. The molecule has 0 bridgehead atoms. The van der Waals surface area contributed by atoms with Gasteiger partial charge in [0.2, 0.25) is 26.0 Å². The van der Waals surface area contributed by atoms with E-state index in [1.165, 1.54) is 36.4 Å². The summed E-state index contributed by atoms with van der Waals surface area (Å²) in [4.78, 5) is 12.3. The molecule has 0 heterocycles. The Balaban J connectivity index is 1.81. The molecule has 0 aliphatic rings. The molecule has 0 saturated heterocycles. The number of benzene rings is 2. The van der Waals surface area contributed by atoms with Crippen molar-refractivity contribution in [3.05, 3.63) is 54.6 Å². The van der Waals surface area contributed by atoms with Gasteiger partial charge in [0, 0.05) is 25.2 Å². The average Bonchev–Trinajstić information content (AvgIpc) is 2.74. The van der Waals surface area contributed by atoms with Crippen molar-refractivity contribution < 1.29 is 21.6 Å². The largest absolute Gasteiger partial charge is 0.326 e. The molecule has 8 nitrogen and oxygen atoms in total. The van der Waals surface area contributed by atoms with Gasteiger partial charge in [-0.05, 0) is 42.8 Å². The maximum Gasteiger partial charge on any atom is 0.240 e. The molecule has 2 aromatic carbocycles. The standard InChI is InChI=1S/C21H29N3O5S2/c1-2-3-4-8-16-22-31(28,29)20-13-11-18(12-14-20)24-21(25)15-17-23-30(26,27)19-9-6-5-7-10-19/h5-7,9-14,22-23H,2-4,8,15-17H2,1H3,(H,24,25). The van der Waals surface area contributed by atoms with Crippen LogP contribution in [0.25, 0.3) is 0 Å². The Kier molecular flexibility index (Phi) is 9.63. The molecule has 2 aromatic rings. The summed E-state index contributed by atoms with van der Waals surface area (Å²) in [5.74, 6) is -0.389. The highest BCUT2D eigenvalue weighted by Gasteiger charge is 2.15. The van der Waals surface area contributed by atoms with E-state index in [0.29, 0.717) is 12.2 Å². The first-order chi connectivity index (χ1) is 14.7. The lowest BCUT2D eigenvalue weighted by atomic mass is 10.2. The Hall–Kier alpha value is -2.27. The summed E-state index contributed by atoms with van der Waals surface area (Å²) < 4.78 is 53.8. The van der Waals surface area contributed by atoms with Crippen LogP contribution in [0.1, 0.15) is 39.0 Å². The maximum absolute atomic E-state index is 12.3. The van der Waals surface area contributed by atoms with E-state index < -0.39 is 20.0 Å². The molecule has 0 aliphatic heterocycles. The molecule has 0 fully saturated rings. The summed E-state index contributed by atoms with van der Waals surface area (Å²) in [5.41, 5.74) is 0.429. The van der Waals surface area contributed by atoms with Crippen LogP contribution in [-0.4, -0.2) is 35.8 Å². The molecule has 0 unspecified atom stereocenters. The molecule has 170 valence electrons. The Bertz CT molecular complexity index is 1040. The van der Waals surface area contributed by atoms with Crippen LogP contribution in [0.4, 0.5) is 5.69 Å². The highest BCUT2D eigenvalue weighted by molar-refractivity contribution is 7.89. The van der Waals surface area contributed by atoms with Crippen LogP contribution in [-0.2, 0) is 24.8 Å². The van der Waals surface area contributed by atoms with Crippen molar-refractivity contribution in [2.75, 3.05) is 18.4 Å². The van der Waals surface area contributed by atoms with E-state index in [1.54, 1.807) is 18.2 Å². The first kappa shape index (κ1) is 25.0. The van der Waals surface area contributed by atoms with Crippen molar-refractivity contribution in [3.8, 4) is 0 Å². The molecule has 10 heteroatoms. The van der Waals surface area contributed by atoms with Crippen molar-refractivity contribution in [3.63, 3.8) is 0 Å². The Labute approximate surface area is 184 Å². The van der Waals surface area contributed by atoms with Crippen LogP contribution < -0.4 is 14.8 Å². The second-order valence-electron chi connectivity index (χ2n) is 6.99. The van der Waals surface area contributed by atoms with E-state index in [0.717, 1.165) is 25.7 Å². The first-order valence-corrected chi connectivity index (χ1v) is 13.2. The second kappa shape index (κ2) is 11.9. The van der Waals surface area contributed by atoms with Crippen molar-refractivity contribution >= 4 is 31.6 Å². The fraction of sp³-hybridized carbons (Fsp3) is 0.381. The van der Waals surface area contributed by atoms with Crippen molar-refractivity contribution in [2.45, 2.75) is 48.8 Å². The lowest BCUT2D eigenvalue weighted by Gasteiger charge is -2.09. The molecule has 0 aliphatic carbocycles. The number of anilines is 1. The minimum Gasteiger partial charge on any atom is -0.326 e. The average molecular weight is 468 g/mol. The van der Waals surface area contributed by atoms with Gasteiger partial charge in [-0.15, -0.1) is 0 Å². The molecular formula is C21H29N3O5S2. The summed E-state index contributed by atoms with van der Waals surface area (Å²) >= 11 is 0. The van der Waals surface area contributed by atoms with Gasteiger partial charge in [-0.2, -0.15) is 0 Å². The number of carbonyl (C=O) groups is 1. The number of amides is 1. The molecule has 31 heavy (non-hydrogen) atoms. The highest BCUT2D eigenvalue weighted by atomic mass is 32.2. The monoisotopic (exact) mass is 467 g/mol. The summed E-state index contributed by atoms with van der Waals surface area (Å²) in [6.07, 6.45) is 3.86. The van der Waals surface area contributed by atoms with Crippen LogP contribution in [0, 0.1) is 0 Å². The van der Waals surface area contributed by atoms with E-state index in [1.807, 2.05) is 0 Å². The van der Waals surface area contributed by atoms with Gasteiger partial charge in [0.15, 0.2) is 0 Å². The van der Waals surface area contributed by atoms with E-state index in [2.05, 4.69) is 21.7 Å². The van der Waals surface area contributed by atoms with E-state index in [9.17, 15) is 21.6 Å².